The molecule has 1 aromatic heterocycles. The van der Waals surface area contributed by atoms with Gasteiger partial charge in [0, 0.05) is 11.3 Å². The summed E-state index contributed by atoms with van der Waals surface area (Å²) in [4.78, 5) is 38.3. The Balaban J connectivity index is 1.54. The second-order valence-corrected chi connectivity index (χ2v) is 8.45. The van der Waals surface area contributed by atoms with Crippen LogP contribution < -0.4 is 5.32 Å². The number of esters is 2. The molecule has 0 aliphatic heterocycles. The second-order valence-electron chi connectivity index (χ2n) is 7.32. The zero-order valence-corrected chi connectivity index (χ0v) is 17.4. The molecule has 0 spiro atoms. The van der Waals surface area contributed by atoms with Gasteiger partial charge in [0.15, 0.2) is 6.61 Å². The molecule has 7 heteroatoms. The van der Waals surface area contributed by atoms with E-state index >= 15 is 0 Å². The van der Waals surface area contributed by atoms with E-state index in [9.17, 15) is 14.4 Å². The highest BCUT2D eigenvalue weighted by Gasteiger charge is 2.24. The number of carbonyl (C=O) groups excluding carboxylic acids is 3. The van der Waals surface area contributed by atoms with Crippen molar-refractivity contribution < 1.29 is 23.9 Å². The number of nitrogens with one attached hydrogen (secondary N) is 1. The summed E-state index contributed by atoms with van der Waals surface area (Å²) in [6, 6.07) is 10.3. The first-order valence-corrected chi connectivity index (χ1v) is 10.5. The van der Waals surface area contributed by atoms with Gasteiger partial charge in [0.1, 0.15) is 10.9 Å². The summed E-state index contributed by atoms with van der Waals surface area (Å²) in [7, 11) is 1.27. The summed E-state index contributed by atoms with van der Waals surface area (Å²) < 4.78 is 9.94. The van der Waals surface area contributed by atoms with Crippen LogP contribution >= 0.6 is 11.3 Å². The Morgan fingerprint density at radius 2 is 2.00 bits per heavy atom. The molecule has 1 heterocycles. The normalized spacial score (nSPS) is 16.4. The maximum atomic E-state index is 12.3. The Morgan fingerprint density at radius 1 is 1.24 bits per heavy atom. The Labute approximate surface area is 174 Å². The predicted molar refractivity (Wildman–Crippen MR) is 110 cm³/mol. The van der Waals surface area contributed by atoms with Crippen molar-refractivity contribution in [3.8, 4) is 0 Å². The zero-order chi connectivity index (χ0) is 20.8. The van der Waals surface area contributed by atoms with E-state index in [1.807, 2.05) is 36.4 Å². The molecule has 0 unspecified atom stereocenters. The van der Waals surface area contributed by atoms with Gasteiger partial charge in [0.25, 0.3) is 5.91 Å². The van der Waals surface area contributed by atoms with Crippen molar-refractivity contribution in [2.75, 3.05) is 13.7 Å². The molecule has 0 radical (unpaired) electrons. The smallest absolute Gasteiger partial charge is 0.348 e. The van der Waals surface area contributed by atoms with Crippen molar-refractivity contribution in [1.29, 1.82) is 0 Å². The molecule has 3 rings (SSSR count). The quantitative estimate of drug-likeness (QED) is 0.703. The molecule has 154 valence electrons. The van der Waals surface area contributed by atoms with Gasteiger partial charge in [-0.1, -0.05) is 37.3 Å². The van der Waals surface area contributed by atoms with Gasteiger partial charge in [-0.05, 0) is 42.4 Å². The van der Waals surface area contributed by atoms with Gasteiger partial charge in [-0.15, -0.1) is 11.3 Å². The summed E-state index contributed by atoms with van der Waals surface area (Å²) in [5, 5.41) is 2.59. The lowest BCUT2D eigenvalue weighted by molar-refractivity contribution is -0.145. The Morgan fingerprint density at radius 3 is 2.72 bits per heavy atom. The fourth-order valence-electron chi connectivity index (χ4n) is 3.43. The number of hydrogen-bond donors (Lipinski definition) is 1. The van der Waals surface area contributed by atoms with Gasteiger partial charge < -0.3 is 14.8 Å². The standard InChI is InChI=1S/C22H25NO5S/c1-14-8-9-18-16(10-14)12-19(29-18)22(26)28-13-20(24)23-17(21(25)27-2)11-15-6-4-3-5-7-15/h3-7,12,14,17H,8-11,13H2,1-2H3,(H,23,24)/t14-,17+/m0/s1. The highest BCUT2D eigenvalue weighted by molar-refractivity contribution is 7.14. The van der Waals surface area contributed by atoms with Crippen LogP contribution in [0.3, 0.4) is 0 Å². The van der Waals surface area contributed by atoms with Crippen molar-refractivity contribution in [3.05, 3.63) is 57.3 Å². The van der Waals surface area contributed by atoms with Crippen LogP contribution in [-0.4, -0.2) is 37.6 Å². The summed E-state index contributed by atoms with van der Waals surface area (Å²) in [6.07, 6.45) is 3.37. The van der Waals surface area contributed by atoms with Gasteiger partial charge in [-0.2, -0.15) is 0 Å². The molecule has 2 atom stereocenters. The molecule has 0 bridgehead atoms. The number of methoxy groups -OCH3 is 1. The minimum atomic E-state index is -0.843. The molecule has 1 aromatic carbocycles. The SMILES string of the molecule is COC(=O)[C@@H](Cc1ccccc1)NC(=O)COC(=O)c1cc2c(s1)CC[C@H](C)C2. The van der Waals surface area contributed by atoms with Gasteiger partial charge >= 0.3 is 11.9 Å². The molecule has 1 N–H and O–H groups in total. The number of hydrogen-bond acceptors (Lipinski definition) is 6. The Bertz CT molecular complexity index is 877. The van der Waals surface area contributed by atoms with Crippen LogP contribution in [0.1, 0.15) is 39.0 Å². The third-order valence-corrected chi connectivity index (χ3v) is 6.19. The van der Waals surface area contributed by atoms with Crippen LogP contribution in [0, 0.1) is 5.92 Å². The van der Waals surface area contributed by atoms with E-state index < -0.39 is 30.5 Å². The average molecular weight is 416 g/mol. The molecule has 2 aromatic rings. The molecular formula is C22H25NO5S. The van der Waals surface area contributed by atoms with Gasteiger partial charge in [0.2, 0.25) is 0 Å². The van der Waals surface area contributed by atoms with E-state index in [1.165, 1.54) is 28.9 Å². The van der Waals surface area contributed by atoms with E-state index in [0.717, 1.165) is 24.8 Å². The molecule has 0 saturated heterocycles. The van der Waals surface area contributed by atoms with Crippen LogP contribution in [0.5, 0.6) is 0 Å². The van der Waals surface area contributed by atoms with E-state index in [-0.39, 0.29) is 0 Å². The van der Waals surface area contributed by atoms with Crippen LogP contribution in [0.2, 0.25) is 0 Å². The van der Waals surface area contributed by atoms with E-state index in [0.29, 0.717) is 17.2 Å². The number of amides is 1. The van der Waals surface area contributed by atoms with Crippen molar-refractivity contribution in [2.45, 2.75) is 38.6 Å². The predicted octanol–water partition coefficient (Wildman–Crippen LogP) is 2.93. The lowest BCUT2D eigenvalue weighted by atomic mass is 9.90. The maximum Gasteiger partial charge on any atom is 0.348 e. The number of ether oxygens (including phenoxy) is 2. The van der Waals surface area contributed by atoms with Crippen LogP contribution in [0.4, 0.5) is 0 Å². The van der Waals surface area contributed by atoms with E-state index in [2.05, 4.69) is 12.2 Å². The van der Waals surface area contributed by atoms with E-state index in [4.69, 9.17) is 9.47 Å². The lowest BCUT2D eigenvalue weighted by Gasteiger charge is -2.16. The molecule has 1 aliphatic carbocycles. The first-order valence-electron chi connectivity index (χ1n) is 9.66. The van der Waals surface area contributed by atoms with Crippen molar-refractivity contribution in [1.82, 2.24) is 5.32 Å². The molecule has 29 heavy (non-hydrogen) atoms. The fraction of sp³-hybridized carbons (Fsp3) is 0.409. The number of thiophene rings is 1. The first kappa shape index (κ1) is 21.0. The summed E-state index contributed by atoms with van der Waals surface area (Å²) >= 11 is 1.44. The summed E-state index contributed by atoms with van der Waals surface area (Å²) in [5.74, 6) is -0.982. The van der Waals surface area contributed by atoms with Gasteiger partial charge in [-0.25, -0.2) is 9.59 Å². The van der Waals surface area contributed by atoms with Gasteiger partial charge in [0.05, 0.1) is 7.11 Å². The highest BCUT2D eigenvalue weighted by atomic mass is 32.1. The topological polar surface area (TPSA) is 81.7 Å². The molecular weight excluding hydrogens is 390 g/mol. The van der Waals surface area contributed by atoms with Crippen molar-refractivity contribution >= 4 is 29.2 Å². The second kappa shape index (κ2) is 9.69. The summed E-state index contributed by atoms with van der Waals surface area (Å²) in [5.41, 5.74) is 2.09. The monoisotopic (exact) mass is 415 g/mol. The third kappa shape index (κ3) is 5.67. The molecule has 6 nitrogen and oxygen atoms in total. The van der Waals surface area contributed by atoms with Gasteiger partial charge in [-0.3, -0.25) is 4.79 Å². The third-order valence-electron chi connectivity index (χ3n) is 4.97. The molecule has 1 amide bonds. The number of aryl methyl sites for hydroxylation is 1. The summed E-state index contributed by atoms with van der Waals surface area (Å²) in [6.45, 7) is 1.76. The first-order chi connectivity index (χ1) is 14.0. The fourth-order valence-corrected chi connectivity index (χ4v) is 4.53. The number of rotatable bonds is 7. The largest absolute Gasteiger partial charge is 0.467 e. The van der Waals surface area contributed by atoms with E-state index in [1.54, 1.807) is 0 Å². The average Bonchev–Trinajstić information content (AvgIpc) is 3.15. The minimum Gasteiger partial charge on any atom is -0.467 e. The van der Waals surface area contributed by atoms with Crippen LogP contribution in [0.15, 0.2) is 36.4 Å². The number of carbonyl (C=O) groups is 3. The van der Waals surface area contributed by atoms with Crippen molar-refractivity contribution in [3.63, 3.8) is 0 Å². The molecule has 0 fully saturated rings. The highest BCUT2D eigenvalue weighted by Crippen LogP contribution is 2.32. The molecule has 1 aliphatic rings. The minimum absolute atomic E-state index is 0.295. The van der Waals surface area contributed by atoms with Crippen molar-refractivity contribution in [2.24, 2.45) is 5.92 Å². The Kier molecular flexibility index (Phi) is 7.04. The lowest BCUT2D eigenvalue weighted by Crippen LogP contribution is -2.44. The Hall–Kier alpha value is -2.67. The van der Waals surface area contributed by atoms with Crippen LogP contribution in [0.25, 0.3) is 0 Å². The van der Waals surface area contributed by atoms with Crippen LogP contribution in [-0.2, 0) is 38.3 Å². The maximum absolute atomic E-state index is 12.3. The number of fused-ring (bicyclic) bond motifs is 1. The zero-order valence-electron chi connectivity index (χ0n) is 16.6. The molecule has 0 saturated carbocycles. The number of benzene rings is 1.